The van der Waals surface area contributed by atoms with Gasteiger partial charge in [0.25, 0.3) is 0 Å². The second-order valence-electron chi connectivity index (χ2n) is 9.45. The van der Waals surface area contributed by atoms with E-state index in [0.29, 0.717) is 0 Å². The van der Waals surface area contributed by atoms with Gasteiger partial charge in [-0.15, -0.1) is 0 Å². The molecule has 0 aliphatic carbocycles. The average molecular weight is 393 g/mol. The topological polar surface area (TPSA) is 0 Å². The van der Waals surface area contributed by atoms with Gasteiger partial charge in [0.1, 0.15) is 16.1 Å². The summed E-state index contributed by atoms with van der Waals surface area (Å²) in [5.74, 6) is 0. The summed E-state index contributed by atoms with van der Waals surface area (Å²) < 4.78 is 0. The molecule has 0 aromatic heterocycles. The molecule has 2 aliphatic heterocycles. The Bertz CT molecular complexity index is 1310. The molecule has 2 heterocycles. The fourth-order valence-corrected chi connectivity index (χ4v) is 12.4. The molecule has 136 valence electrons. The summed E-state index contributed by atoms with van der Waals surface area (Å²) in [6, 6.07) is 28.0. The Balaban J connectivity index is 1.74. The zero-order valence-electron chi connectivity index (χ0n) is 16.9. The number of hydrogen-bond donors (Lipinski definition) is 0. The molecule has 4 aromatic rings. The normalized spacial score (nSPS) is 17.1. The molecule has 4 aromatic carbocycles. The van der Waals surface area contributed by atoms with Crippen LogP contribution in [-0.4, -0.2) is 16.1 Å². The van der Waals surface area contributed by atoms with Gasteiger partial charge in [-0.2, -0.15) is 0 Å². The summed E-state index contributed by atoms with van der Waals surface area (Å²) in [6.45, 7) is 10.1. The first-order chi connectivity index (χ1) is 13.4. The largest absolute Gasteiger partial charge is 0.114 e. The van der Waals surface area contributed by atoms with Gasteiger partial charge < -0.3 is 0 Å². The van der Waals surface area contributed by atoms with E-state index >= 15 is 0 Å². The van der Waals surface area contributed by atoms with Crippen LogP contribution in [0.1, 0.15) is 0 Å². The molecule has 28 heavy (non-hydrogen) atoms. The first kappa shape index (κ1) is 16.5. The highest BCUT2D eigenvalue weighted by molar-refractivity contribution is 7.05. The monoisotopic (exact) mass is 392 g/mol. The van der Waals surface area contributed by atoms with Gasteiger partial charge in [0.05, 0.1) is 0 Å². The standard InChI is InChI=1S/C26H24Si2/c1-27(2)23-11-7-6-10-19(23)22-16-21-17(15-25(22)27)13-14-20-18-9-5-8-12-24(18)28(3,4)26(20)21/h5-16H,1-4H3. The van der Waals surface area contributed by atoms with Crippen LogP contribution < -0.4 is 20.7 Å². The van der Waals surface area contributed by atoms with Crippen molar-refractivity contribution < 1.29 is 0 Å². The van der Waals surface area contributed by atoms with Crippen molar-refractivity contribution in [1.29, 1.82) is 0 Å². The third-order valence-corrected chi connectivity index (χ3v) is 14.4. The lowest BCUT2D eigenvalue weighted by Gasteiger charge is -2.22. The Morgan fingerprint density at radius 1 is 0.500 bits per heavy atom. The predicted octanol–water partition coefficient (Wildman–Crippen LogP) is 4.45. The van der Waals surface area contributed by atoms with E-state index in [4.69, 9.17) is 0 Å². The second kappa shape index (κ2) is 5.13. The van der Waals surface area contributed by atoms with Crippen LogP contribution in [0.4, 0.5) is 0 Å². The molecule has 0 N–H and O–H groups in total. The van der Waals surface area contributed by atoms with E-state index in [1.165, 1.54) is 33.0 Å². The molecule has 0 amide bonds. The number of fused-ring (bicyclic) bond motifs is 8. The van der Waals surface area contributed by atoms with Gasteiger partial charge in [-0.25, -0.2) is 0 Å². The zero-order chi connectivity index (χ0) is 19.3. The van der Waals surface area contributed by atoms with Gasteiger partial charge >= 0.3 is 0 Å². The van der Waals surface area contributed by atoms with Crippen molar-refractivity contribution in [3.63, 3.8) is 0 Å². The van der Waals surface area contributed by atoms with Crippen molar-refractivity contribution in [2.75, 3.05) is 0 Å². The van der Waals surface area contributed by atoms with E-state index in [2.05, 4.69) is 99.0 Å². The lowest BCUT2D eigenvalue weighted by molar-refractivity contribution is 1.72. The molecule has 0 nitrogen and oxygen atoms in total. The van der Waals surface area contributed by atoms with Gasteiger partial charge in [-0.1, -0.05) is 92.9 Å². The molecular weight excluding hydrogens is 368 g/mol. The van der Waals surface area contributed by atoms with E-state index in [1.54, 1.807) is 20.7 Å². The zero-order valence-corrected chi connectivity index (χ0v) is 18.9. The summed E-state index contributed by atoms with van der Waals surface area (Å²) >= 11 is 0. The summed E-state index contributed by atoms with van der Waals surface area (Å²) in [5.41, 5.74) is 5.91. The Hall–Kier alpha value is -2.43. The lowest BCUT2D eigenvalue weighted by atomic mass is 9.97. The molecule has 0 saturated carbocycles. The van der Waals surface area contributed by atoms with Crippen LogP contribution in [0.2, 0.25) is 26.2 Å². The molecule has 6 rings (SSSR count). The Labute approximate surface area is 168 Å². The number of benzene rings is 4. The van der Waals surface area contributed by atoms with Crippen LogP contribution in [-0.2, 0) is 0 Å². The maximum absolute atomic E-state index is 2.55. The predicted molar refractivity (Wildman–Crippen MR) is 128 cm³/mol. The third-order valence-electron chi connectivity index (χ3n) is 7.24. The van der Waals surface area contributed by atoms with Crippen molar-refractivity contribution in [2.45, 2.75) is 26.2 Å². The summed E-state index contributed by atoms with van der Waals surface area (Å²) in [4.78, 5) is 0. The molecule has 0 atom stereocenters. The summed E-state index contributed by atoms with van der Waals surface area (Å²) in [6.07, 6.45) is 0. The average Bonchev–Trinajstić information content (AvgIpc) is 3.07. The maximum Gasteiger partial charge on any atom is 0.114 e. The molecule has 0 saturated heterocycles. The number of rotatable bonds is 0. The molecule has 0 fully saturated rings. The van der Waals surface area contributed by atoms with Crippen LogP contribution >= 0.6 is 0 Å². The van der Waals surface area contributed by atoms with E-state index in [0.717, 1.165) is 0 Å². The quantitative estimate of drug-likeness (QED) is 0.388. The Morgan fingerprint density at radius 3 is 1.82 bits per heavy atom. The molecule has 0 unspecified atom stereocenters. The van der Waals surface area contributed by atoms with Gasteiger partial charge in [0, 0.05) is 0 Å². The van der Waals surface area contributed by atoms with Gasteiger partial charge in [-0.05, 0) is 59.8 Å². The van der Waals surface area contributed by atoms with Gasteiger partial charge in [-0.3, -0.25) is 0 Å². The minimum Gasteiger partial charge on any atom is -0.0623 e. The molecule has 0 radical (unpaired) electrons. The molecule has 2 heteroatoms. The van der Waals surface area contributed by atoms with Crippen LogP contribution in [0.5, 0.6) is 0 Å². The minimum atomic E-state index is -1.69. The summed E-state index contributed by atoms with van der Waals surface area (Å²) in [7, 11) is -3.31. The highest BCUT2D eigenvalue weighted by Gasteiger charge is 2.41. The minimum absolute atomic E-state index is 1.43. The van der Waals surface area contributed by atoms with Crippen molar-refractivity contribution >= 4 is 47.7 Å². The van der Waals surface area contributed by atoms with Gasteiger partial charge in [0.15, 0.2) is 0 Å². The van der Waals surface area contributed by atoms with Crippen LogP contribution in [0.3, 0.4) is 0 Å². The molecular formula is C26H24Si2. The van der Waals surface area contributed by atoms with Crippen molar-refractivity contribution in [2.24, 2.45) is 0 Å². The first-order valence-electron chi connectivity index (χ1n) is 10.2. The van der Waals surface area contributed by atoms with E-state index in [1.807, 2.05) is 0 Å². The van der Waals surface area contributed by atoms with Crippen LogP contribution in [0, 0.1) is 0 Å². The highest BCUT2D eigenvalue weighted by atomic mass is 28.3. The third kappa shape index (κ3) is 1.85. The van der Waals surface area contributed by atoms with E-state index in [9.17, 15) is 0 Å². The Kier molecular flexibility index (Phi) is 3.03. The van der Waals surface area contributed by atoms with E-state index < -0.39 is 16.1 Å². The molecule has 2 aliphatic rings. The Morgan fingerprint density at radius 2 is 1.11 bits per heavy atom. The fourth-order valence-electron chi connectivity index (χ4n) is 5.82. The fraction of sp³-hybridized carbons (Fsp3) is 0.154. The summed E-state index contributed by atoms with van der Waals surface area (Å²) in [5, 5.41) is 9.35. The highest BCUT2D eigenvalue weighted by Crippen LogP contribution is 2.35. The lowest BCUT2D eigenvalue weighted by Crippen LogP contribution is -2.50. The van der Waals surface area contributed by atoms with Crippen LogP contribution in [0.25, 0.3) is 33.0 Å². The SMILES string of the molecule is C[Si]1(C)c2ccccc2-c2cc3c4c(ccc3cc21)-c1ccccc1[Si]4(C)C. The molecule has 0 spiro atoms. The van der Waals surface area contributed by atoms with Crippen LogP contribution in [0.15, 0.2) is 72.8 Å². The smallest absolute Gasteiger partial charge is 0.0623 e. The maximum atomic E-state index is 2.55. The van der Waals surface area contributed by atoms with Crippen molar-refractivity contribution in [1.82, 2.24) is 0 Å². The molecule has 0 bridgehead atoms. The van der Waals surface area contributed by atoms with E-state index in [-0.39, 0.29) is 0 Å². The first-order valence-corrected chi connectivity index (χ1v) is 16.2. The number of hydrogen-bond acceptors (Lipinski definition) is 0. The van der Waals surface area contributed by atoms with Crippen molar-refractivity contribution in [3.05, 3.63) is 72.8 Å². The van der Waals surface area contributed by atoms with Crippen molar-refractivity contribution in [3.8, 4) is 22.3 Å². The second-order valence-corrected chi connectivity index (χ2v) is 18.1. The van der Waals surface area contributed by atoms with Gasteiger partial charge in [0.2, 0.25) is 0 Å².